The molecule has 19 heavy (non-hydrogen) atoms. The second-order valence-electron chi connectivity index (χ2n) is 4.36. The van der Waals surface area contributed by atoms with E-state index in [9.17, 15) is 9.59 Å². The van der Waals surface area contributed by atoms with Crippen molar-refractivity contribution in [3.63, 3.8) is 0 Å². The van der Waals surface area contributed by atoms with Crippen molar-refractivity contribution in [3.8, 4) is 0 Å². The maximum Gasteiger partial charge on any atom is 0.330 e. The first-order valence-electron chi connectivity index (χ1n) is 6.09. The zero-order valence-corrected chi connectivity index (χ0v) is 10.6. The molecular formula is C12H17NO6. The van der Waals surface area contributed by atoms with Crippen molar-refractivity contribution in [3.05, 3.63) is 12.2 Å². The van der Waals surface area contributed by atoms with Crippen LogP contribution in [0.15, 0.2) is 12.2 Å². The highest BCUT2D eigenvalue weighted by atomic mass is 16.7. The molecule has 2 aliphatic heterocycles. The smallest absolute Gasteiger partial charge is 0.330 e. The minimum atomic E-state index is -0.487. The third-order valence-corrected chi connectivity index (χ3v) is 2.94. The summed E-state index contributed by atoms with van der Waals surface area (Å²) in [7, 11) is 0. The fraction of sp³-hybridized carbons (Fsp3) is 0.667. The lowest BCUT2D eigenvalue weighted by atomic mass is 10.1. The predicted octanol–water partition coefficient (Wildman–Crippen LogP) is -0.858. The SMILES string of the molecule is CC(=O)O[C@H]1CO[C@H]2[C@@H]1OC[C@H]2OC(=O)/C=C/CN. The molecule has 0 aromatic heterocycles. The quantitative estimate of drug-likeness (QED) is 0.525. The fourth-order valence-electron chi connectivity index (χ4n) is 2.20. The first-order chi connectivity index (χ1) is 9.11. The van der Waals surface area contributed by atoms with E-state index in [1.165, 1.54) is 19.1 Å². The number of nitrogens with two attached hydrogens (primary N) is 1. The first-order valence-corrected chi connectivity index (χ1v) is 6.09. The predicted molar refractivity (Wildman–Crippen MR) is 63.1 cm³/mol. The van der Waals surface area contributed by atoms with Crippen LogP contribution in [0.4, 0.5) is 0 Å². The monoisotopic (exact) mass is 271 g/mol. The van der Waals surface area contributed by atoms with E-state index in [0.717, 1.165) is 0 Å². The topological polar surface area (TPSA) is 97.1 Å². The molecule has 0 spiro atoms. The van der Waals surface area contributed by atoms with Gasteiger partial charge in [-0.15, -0.1) is 0 Å². The van der Waals surface area contributed by atoms with Gasteiger partial charge in [0.2, 0.25) is 0 Å². The van der Waals surface area contributed by atoms with Gasteiger partial charge in [-0.25, -0.2) is 4.79 Å². The van der Waals surface area contributed by atoms with E-state index < -0.39 is 18.2 Å². The Kier molecular flexibility index (Phi) is 4.52. The molecule has 0 unspecified atom stereocenters. The van der Waals surface area contributed by atoms with Gasteiger partial charge in [-0.1, -0.05) is 6.08 Å². The highest BCUT2D eigenvalue weighted by Gasteiger charge is 2.50. The summed E-state index contributed by atoms with van der Waals surface area (Å²) in [6.45, 7) is 2.08. The van der Waals surface area contributed by atoms with Gasteiger partial charge in [0.15, 0.2) is 12.2 Å². The Labute approximate surface area is 110 Å². The molecule has 0 amide bonds. The second kappa shape index (κ2) is 6.14. The van der Waals surface area contributed by atoms with Gasteiger partial charge in [0.1, 0.15) is 12.2 Å². The summed E-state index contributed by atoms with van der Waals surface area (Å²) in [4.78, 5) is 22.4. The van der Waals surface area contributed by atoms with E-state index in [1.54, 1.807) is 0 Å². The van der Waals surface area contributed by atoms with Crippen molar-refractivity contribution in [1.82, 2.24) is 0 Å². The summed E-state index contributed by atoms with van der Waals surface area (Å²) in [5.74, 6) is -0.872. The summed E-state index contributed by atoms with van der Waals surface area (Å²) >= 11 is 0. The Balaban J connectivity index is 1.88. The van der Waals surface area contributed by atoms with Gasteiger partial charge in [-0.2, -0.15) is 0 Å². The highest BCUT2D eigenvalue weighted by Crippen LogP contribution is 2.30. The molecule has 0 radical (unpaired) electrons. The van der Waals surface area contributed by atoms with Crippen LogP contribution in [0.5, 0.6) is 0 Å². The Bertz CT molecular complexity index is 382. The summed E-state index contributed by atoms with van der Waals surface area (Å²) in [6.07, 6.45) is 1.09. The number of ether oxygens (including phenoxy) is 4. The molecule has 2 N–H and O–H groups in total. The molecule has 2 rings (SSSR count). The van der Waals surface area contributed by atoms with E-state index in [-0.39, 0.29) is 37.9 Å². The van der Waals surface area contributed by atoms with Gasteiger partial charge < -0.3 is 24.7 Å². The van der Waals surface area contributed by atoms with E-state index >= 15 is 0 Å². The van der Waals surface area contributed by atoms with Crippen LogP contribution in [0.1, 0.15) is 6.92 Å². The van der Waals surface area contributed by atoms with E-state index in [1.807, 2.05) is 0 Å². The molecule has 0 aromatic carbocycles. The summed E-state index contributed by atoms with van der Waals surface area (Å²) in [6, 6.07) is 0. The van der Waals surface area contributed by atoms with E-state index in [0.29, 0.717) is 0 Å². The molecule has 7 heteroatoms. The van der Waals surface area contributed by atoms with Crippen LogP contribution in [-0.2, 0) is 28.5 Å². The Morgan fingerprint density at radius 3 is 2.32 bits per heavy atom. The number of rotatable bonds is 4. The minimum absolute atomic E-state index is 0.231. The molecule has 0 aliphatic carbocycles. The maximum atomic E-state index is 11.4. The summed E-state index contributed by atoms with van der Waals surface area (Å²) in [5.41, 5.74) is 5.24. The lowest BCUT2D eigenvalue weighted by Crippen LogP contribution is -2.35. The van der Waals surface area contributed by atoms with Gasteiger partial charge in [-0.05, 0) is 0 Å². The number of hydrogen-bond acceptors (Lipinski definition) is 7. The molecule has 2 aliphatic rings. The molecule has 106 valence electrons. The van der Waals surface area contributed by atoms with Gasteiger partial charge >= 0.3 is 11.9 Å². The molecular weight excluding hydrogens is 254 g/mol. The van der Waals surface area contributed by atoms with Crippen LogP contribution in [0.2, 0.25) is 0 Å². The van der Waals surface area contributed by atoms with Crippen LogP contribution < -0.4 is 5.73 Å². The molecule has 0 bridgehead atoms. The maximum absolute atomic E-state index is 11.4. The van der Waals surface area contributed by atoms with Crippen molar-refractivity contribution in [2.24, 2.45) is 5.73 Å². The van der Waals surface area contributed by atoms with Crippen LogP contribution >= 0.6 is 0 Å². The van der Waals surface area contributed by atoms with Crippen LogP contribution in [0.3, 0.4) is 0 Å². The molecule has 2 fully saturated rings. The molecule has 0 aromatic rings. The standard InChI is InChI=1S/C12H17NO6/c1-7(14)18-8-5-16-12-9(6-17-11(8)12)19-10(15)3-2-4-13/h2-3,8-9,11-12H,4-6,13H2,1H3/b3-2+/t8-,9+,11+,12+/m0/s1. The van der Waals surface area contributed by atoms with E-state index in [4.69, 9.17) is 24.7 Å². The molecule has 0 saturated carbocycles. The largest absolute Gasteiger partial charge is 0.457 e. The van der Waals surface area contributed by atoms with E-state index in [2.05, 4.69) is 0 Å². The number of fused-ring (bicyclic) bond motifs is 1. The zero-order chi connectivity index (χ0) is 13.8. The second-order valence-corrected chi connectivity index (χ2v) is 4.36. The van der Waals surface area contributed by atoms with Crippen molar-refractivity contribution >= 4 is 11.9 Å². The average molecular weight is 271 g/mol. The molecule has 2 saturated heterocycles. The highest BCUT2D eigenvalue weighted by molar-refractivity contribution is 5.82. The molecule has 7 nitrogen and oxygen atoms in total. The minimum Gasteiger partial charge on any atom is -0.457 e. The average Bonchev–Trinajstić information content (AvgIpc) is 2.91. The van der Waals surface area contributed by atoms with Crippen molar-refractivity contribution in [2.45, 2.75) is 31.3 Å². The van der Waals surface area contributed by atoms with Crippen molar-refractivity contribution < 1.29 is 28.5 Å². The number of carbonyl (C=O) groups excluding carboxylic acids is 2. The third kappa shape index (κ3) is 3.31. The Morgan fingerprint density at radius 2 is 1.79 bits per heavy atom. The van der Waals surface area contributed by atoms with Gasteiger partial charge in [0.05, 0.1) is 13.2 Å². The fourth-order valence-corrected chi connectivity index (χ4v) is 2.20. The number of hydrogen-bond donors (Lipinski definition) is 1. The lowest BCUT2D eigenvalue weighted by Gasteiger charge is -2.16. The van der Waals surface area contributed by atoms with Gasteiger partial charge in [0, 0.05) is 19.5 Å². The normalized spacial score (nSPS) is 33.4. The summed E-state index contributed by atoms with van der Waals surface area (Å²) in [5, 5.41) is 0. The van der Waals surface area contributed by atoms with Crippen molar-refractivity contribution in [1.29, 1.82) is 0 Å². The Hall–Kier alpha value is -1.44. The van der Waals surface area contributed by atoms with Crippen molar-refractivity contribution in [2.75, 3.05) is 19.8 Å². The Morgan fingerprint density at radius 1 is 1.21 bits per heavy atom. The molecule has 2 heterocycles. The zero-order valence-electron chi connectivity index (χ0n) is 10.6. The van der Waals surface area contributed by atoms with Gasteiger partial charge in [-0.3, -0.25) is 4.79 Å². The third-order valence-electron chi connectivity index (χ3n) is 2.94. The lowest BCUT2D eigenvalue weighted by molar-refractivity contribution is -0.151. The number of esters is 2. The van der Waals surface area contributed by atoms with Crippen LogP contribution in [0.25, 0.3) is 0 Å². The van der Waals surface area contributed by atoms with Crippen LogP contribution in [0, 0.1) is 0 Å². The first kappa shape index (κ1) is 14.0. The summed E-state index contributed by atoms with van der Waals surface area (Å²) < 4.78 is 21.3. The number of carbonyl (C=O) groups is 2. The van der Waals surface area contributed by atoms with Crippen LogP contribution in [-0.4, -0.2) is 56.1 Å². The molecule has 4 atom stereocenters. The van der Waals surface area contributed by atoms with Gasteiger partial charge in [0.25, 0.3) is 0 Å².